The number of ether oxygens (including phenoxy) is 1. The summed E-state index contributed by atoms with van der Waals surface area (Å²) in [6.07, 6.45) is 2.95. The topological polar surface area (TPSA) is 60.2 Å². The Bertz CT molecular complexity index is 499. The van der Waals surface area contributed by atoms with Crippen LogP contribution in [0.2, 0.25) is 0 Å². The minimum absolute atomic E-state index is 0.123. The first-order valence-corrected chi connectivity index (χ1v) is 5.19. The Hall–Kier alpha value is -2.18. The van der Waals surface area contributed by atoms with E-state index in [1.165, 1.54) is 12.3 Å². The number of rotatable bonds is 5. The highest BCUT2D eigenvalue weighted by Crippen LogP contribution is 2.14. The zero-order chi connectivity index (χ0) is 13.0. The Balaban J connectivity index is 1.90. The highest BCUT2D eigenvalue weighted by molar-refractivity contribution is 5.41. The summed E-state index contributed by atoms with van der Waals surface area (Å²) in [5, 5.41) is 2.99. The van der Waals surface area contributed by atoms with E-state index in [1.54, 1.807) is 12.3 Å². The van der Waals surface area contributed by atoms with Crippen molar-refractivity contribution in [2.45, 2.75) is 20.1 Å². The molecule has 0 saturated heterocycles. The number of nitrogens with zero attached hydrogens (tertiary/aromatic N) is 2. The summed E-state index contributed by atoms with van der Waals surface area (Å²) in [5.74, 6) is 0.419. The fourth-order valence-electron chi connectivity index (χ4n) is 1.31. The van der Waals surface area contributed by atoms with Gasteiger partial charge in [-0.15, -0.1) is 0 Å². The lowest BCUT2D eigenvalue weighted by Crippen LogP contribution is -2.04. The number of hydrogen-bond acceptors (Lipinski definition) is 5. The van der Waals surface area contributed by atoms with E-state index >= 15 is 0 Å². The van der Waals surface area contributed by atoms with Gasteiger partial charge in [0.1, 0.15) is 6.26 Å². The van der Waals surface area contributed by atoms with E-state index in [0.29, 0.717) is 18.1 Å². The van der Waals surface area contributed by atoms with Crippen molar-refractivity contribution in [2.24, 2.45) is 0 Å². The zero-order valence-corrected chi connectivity index (χ0v) is 9.56. The molecule has 2 rings (SSSR count). The van der Waals surface area contributed by atoms with Gasteiger partial charge in [-0.1, -0.05) is 0 Å². The first kappa shape index (κ1) is 12.3. The highest BCUT2D eigenvalue weighted by atomic mass is 19.3. The highest BCUT2D eigenvalue weighted by Gasteiger charge is 2.05. The van der Waals surface area contributed by atoms with E-state index in [9.17, 15) is 8.78 Å². The van der Waals surface area contributed by atoms with Crippen molar-refractivity contribution < 1.29 is 17.9 Å². The predicted octanol–water partition coefficient (Wildman–Crippen LogP) is 2.59. The minimum Gasteiger partial charge on any atom is -0.447 e. The van der Waals surface area contributed by atoms with E-state index in [1.807, 2.05) is 6.92 Å². The SMILES string of the molecule is Cc1coc(CNc2ccc(OC(F)F)nc2)n1. The average Bonchev–Trinajstić information content (AvgIpc) is 2.74. The molecule has 0 saturated carbocycles. The normalized spacial score (nSPS) is 10.7. The summed E-state index contributed by atoms with van der Waals surface area (Å²) in [6, 6.07) is 2.94. The van der Waals surface area contributed by atoms with Gasteiger partial charge in [0.25, 0.3) is 0 Å². The fourth-order valence-corrected chi connectivity index (χ4v) is 1.31. The van der Waals surface area contributed by atoms with Crippen LogP contribution >= 0.6 is 0 Å². The van der Waals surface area contributed by atoms with Crippen LogP contribution in [0.3, 0.4) is 0 Å². The number of pyridine rings is 1. The van der Waals surface area contributed by atoms with Crippen molar-refractivity contribution in [3.8, 4) is 5.88 Å². The third kappa shape index (κ3) is 3.41. The molecule has 0 radical (unpaired) electrons. The monoisotopic (exact) mass is 255 g/mol. The first-order chi connectivity index (χ1) is 8.63. The quantitative estimate of drug-likeness (QED) is 0.889. The van der Waals surface area contributed by atoms with E-state index < -0.39 is 6.61 Å². The Morgan fingerprint density at radius 2 is 2.28 bits per heavy atom. The van der Waals surface area contributed by atoms with Crippen LogP contribution in [0.15, 0.2) is 29.0 Å². The van der Waals surface area contributed by atoms with Gasteiger partial charge in [-0.05, 0) is 13.0 Å². The number of halogens is 2. The van der Waals surface area contributed by atoms with Crippen molar-refractivity contribution >= 4 is 5.69 Å². The largest absolute Gasteiger partial charge is 0.447 e. The molecule has 5 nitrogen and oxygen atoms in total. The Labute approximate surface area is 102 Å². The van der Waals surface area contributed by atoms with Gasteiger partial charge in [0.05, 0.1) is 24.1 Å². The smallest absolute Gasteiger partial charge is 0.388 e. The molecule has 2 heterocycles. The second-order valence-corrected chi connectivity index (χ2v) is 3.50. The first-order valence-electron chi connectivity index (χ1n) is 5.19. The summed E-state index contributed by atoms with van der Waals surface area (Å²) in [5.41, 5.74) is 1.46. The van der Waals surface area contributed by atoms with Crippen molar-refractivity contribution in [3.05, 3.63) is 36.2 Å². The third-order valence-corrected chi connectivity index (χ3v) is 2.06. The lowest BCUT2D eigenvalue weighted by atomic mass is 10.4. The zero-order valence-electron chi connectivity index (χ0n) is 9.56. The summed E-state index contributed by atoms with van der Waals surface area (Å²) < 4.78 is 33.1. The average molecular weight is 255 g/mol. The molecule has 7 heteroatoms. The van der Waals surface area contributed by atoms with Gasteiger partial charge in [-0.25, -0.2) is 9.97 Å². The van der Waals surface area contributed by atoms with Crippen LogP contribution in [-0.4, -0.2) is 16.6 Å². The van der Waals surface area contributed by atoms with Gasteiger partial charge in [0.15, 0.2) is 0 Å². The summed E-state index contributed by atoms with van der Waals surface area (Å²) >= 11 is 0. The Morgan fingerprint density at radius 1 is 1.44 bits per heavy atom. The molecule has 0 atom stereocenters. The van der Waals surface area contributed by atoms with Crippen molar-refractivity contribution in [2.75, 3.05) is 5.32 Å². The molecule has 96 valence electrons. The molecule has 0 amide bonds. The number of hydrogen-bond donors (Lipinski definition) is 1. The standard InChI is InChI=1S/C11H11F2N3O2/c1-7-6-17-10(16-7)5-14-8-2-3-9(15-4-8)18-11(12)13/h2-4,6,11,14H,5H2,1H3. The molecule has 0 spiro atoms. The molecule has 2 aromatic heterocycles. The summed E-state index contributed by atoms with van der Waals surface area (Å²) in [6.45, 7) is -0.651. The van der Waals surface area contributed by atoms with Gasteiger partial charge in [-0.3, -0.25) is 0 Å². The van der Waals surface area contributed by atoms with E-state index in [4.69, 9.17) is 4.42 Å². The predicted molar refractivity (Wildman–Crippen MR) is 59.4 cm³/mol. The number of aromatic nitrogens is 2. The maximum absolute atomic E-state index is 11.9. The van der Waals surface area contributed by atoms with Gasteiger partial charge in [0.2, 0.25) is 11.8 Å². The van der Waals surface area contributed by atoms with Gasteiger partial charge < -0.3 is 14.5 Å². The van der Waals surface area contributed by atoms with Crippen LogP contribution in [0.5, 0.6) is 5.88 Å². The molecule has 0 aliphatic rings. The Kier molecular flexibility index (Phi) is 3.71. The summed E-state index contributed by atoms with van der Waals surface area (Å²) in [7, 11) is 0. The van der Waals surface area contributed by atoms with Gasteiger partial charge in [0, 0.05) is 6.07 Å². The second kappa shape index (κ2) is 5.44. The van der Waals surface area contributed by atoms with Crippen molar-refractivity contribution in [1.29, 1.82) is 0 Å². The second-order valence-electron chi connectivity index (χ2n) is 3.50. The van der Waals surface area contributed by atoms with Crippen LogP contribution in [-0.2, 0) is 6.54 Å². The number of nitrogens with one attached hydrogen (secondary N) is 1. The van der Waals surface area contributed by atoms with E-state index in [0.717, 1.165) is 5.69 Å². The van der Waals surface area contributed by atoms with Crippen LogP contribution in [0.1, 0.15) is 11.6 Å². The molecular weight excluding hydrogens is 244 g/mol. The minimum atomic E-state index is -2.87. The molecule has 1 N–H and O–H groups in total. The van der Waals surface area contributed by atoms with E-state index in [2.05, 4.69) is 20.0 Å². The number of oxazole rings is 1. The maximum atomic E-state index is 11.9. The molecule has 2 aromatic rings. The number of aryl methyl sites for hydroxylation is 1. The molecule has 0 bridgehead atoms. The third-order valence-electron chi connectivity index (χ3n) is 2.06. The lowest BCUT2D eigenvalue weighted by molar-refractivity contribution is -0.0528. The molecular formula is C11H11F2N3O2. The lowest BCUT2D eigenvalue weighted by Gasteiger charge is -2.05. The van der Waals surface area contributed by atoms with Crippen LogP contribution in [0, 0.1) is 6.92 Å². The van der Waals surface area contributed by atoms with Gasteiger partial charge in [-0.2, -0.15) is 8.78 Å². The summed E-state index contributed by atoms with van der Waals surface area (Å²) in [4.78, 5) is 7.83. The van der Waals surface area contributed by atoms with Crippen LogP contribution in [0.25, 0.3) is 0 Å². The molecule has 0 aliphatic carbocycles. The van der Waals surface area contributed by atoms with Gasteiger partial charge >= 0.3 is 6.61 Å². The molecule has 0 fully saturated rings. The maximum Gasteiger partial charge on any atom is 0.388 e. The number of alkyl halides is 2. The van der Waals surface area contributed by atoms with Crippen LogP contribution in [0.4, 0.5) is 14.5 Å². The van der Waals surface area contributed by atoms with Crippen molar-refractivity contribution in [3.63, 3.8) is 0 Å². The fraction of sp³-hybridized carbons (Fsp3) is 0.273. The molecule has 0 unspecified atom stereocenters. The molecule has 0 aromatic carbocycles. The number of anilines is 1. The molecule has 18 heavy (non-hydrogen) atoms. The van der Waals surface area contributed by atoms with Crippen LogP contribution < -0.4 is 10.1 Å². The molecule has 0 aliphatic heterocycles. The van der Waals surface area contributed by atoms with Crippen molar-refractivity contribution in [1.82, 2.24) is 9.97 Å². The Morgan fingerprint density at radius 3 is 2.83 bits per heavy atom. The van der Waals surface area contributed by atoms with E-state index in [-0.39, 0.29) is 5.88 Å².